The number of hydrogen-bond acceptors (Lipinski definition) is 4. The summed E-state index contributed by atoms with van der Waals surface area (Å²) in [4.78, 5) is 23.6. The normalized spacial score (nSPS) is 17.8. The molecular formula is C16H15NO4. The zero-order valence-corrected chi connectivity index (χ0v) is 11.6. The van der Waals surface area contributed by atoms with E-state index in [-0.39, 0.29) is 18.3 Å². The van der Waals surface area contributed by atoms with E-state index in [0.29, 0.717) is 6.61 Å². The van der Waals surface area contributed by atoms with Crippen LogP contribution in [0.15, 0.2) is 42.8 Å². The van der Waals surface area contributed by atoms with E-state index >= 15 is 0 Å². The number of carbonyl (C=O) groups excluding carboxylic acids is 2. The summed E-state index contributed by atoms with van der Waals surface area (Å²) in [5.74, 6) is 0.0132. The van der Waals surface area contributed by atoms with Gasteiger partial charge in [-0.1, -0.05) is 18.2 Å². The number of rotatable bonds is 2. The van der Waals surface area contributed by atoms with Gasteiger partial charge in [0.1, 0.15) is 6.10 Å². The van der Waals surface area contributed by atoms with Crippen LogP contribution in [0.2, 0.25) is 0 Å². The van der Waals surface area contributed by atoms with E-state index in [2.05, 4.69) is 0 Å². The average molecular weight is 285 g/mol. The molecule has 1 atom stereocenters. The van der Waals surface area contributed by atoms with Gasteiger partial charge in [0.2, 0.25) is 0 Å². The molecule has 0 radical (unpaired) electrons. The molecule has 108 valence electrons. The highest BCUT2D eigenvalue weighted by Crippen LogP contribution is 2.32. The molecular weight excluding hydrogens is 270 g/mol. The third-order valence-electron chi connectivity index (χ3n) is 3.44. The molecule has 21 heavy (non-hydrogen) atoms. The van der Waals surface area contributed by atoms with Gasteiger partial charge in [0.25, 0.3) is 0 Å². The molecule has 1 aromatic carbocycles. The summed E-state index contributed by atoms with van der Waals surface area (Å²) in [6.45, 7) is 2.07. The Balaban J connectivity index is 2.09. The molecule has 0 fully saturated rings. The number of allylic oxidation sites excluding steroid dienone is 1. The van der Waals surface area contributed by atoms with Crippen molar-refractivity contribution < 1.29 is 19.1 Å². The average Bonchev–Trinajstić information content (AvgIpc) is 2.87. The Bertz CT molecular complexity index is 729. The van der Waals surface area contributed by atoms with Gasteiger partial charge in [-0.3, -0.25) is 9.36 Å². The van der Waals surface area contributed by atoms with Crippen molar-refractivity contribution in [1.29, 1.82) is 0 Å². The van der Waals surface area contributed by atoms with Crippen LogP contribution in [0.1, 0.15) is 25.0 Å². The van der Waals surface area contributed by atoms with Crippen LogP contribution in [0, 0.1) is 0 Å². The Morgan fingerprint density at radius 1 is 1.43 bits per heavy atom. The maximum absolute atomic E-state index is 12.0. The Labute approximate surface area is 121 Å². The van der Waals surface area contributed by atoms with Crippen LogP contribution in [-0.2, 0) is 14.3 Å². The number of hydrogen-bond donors (Lipinski definition) is 0. The van der Waals surface area contributed by atoms with Crippen LogP contribution in [0.3, 0.4) is 0 Å². The number of benzene rings is 1. The van der Waals surface area contributed by atoms with Gasteiger partial charge >= 0.3 is 6.09 Å². The summed E-state index contributed by atoms with van der Waals surface area (Å²) in [5.41, 5.74) is 1.56. The Kier molecular flexibility index (Phi) is 3.48. The summed E-state index contributed by atoms with van der Waals surface area (Å²) in [5, 5.41) is 0.888. The summed E-state index contributed by atoms with van der Waals surface area (Å²) in [6, 6.07) is 7.50. The smallest absolute Gasteiger partial charge is 0.418 e. The molecule has 5 nitrogen and oxygen atoms in total. The Morgan fingerprint density at radius 3 is 3.00 bits per heavy atom. The molecule has 3 rings (SSSR count). The van der Waals surface area contributed by atoms with Crippen LogP contribution >= 0.6 is 0 Å². The molecule has 0 spiro atoms. The van der Waals surface area contributed by atoms with E-state index in [9.17, 15) is 9.59 Å². The largest absolute Gasteiger partial charge is 0.493 e. The minimum absolute atomic E-state index is 0.0132. The van der Waals surface area contributed by atoms with Gasteiger partial charge in [0.15, 0.2) is 5.78 Å². The number of ether oxygens (including phenoxy) is 2. The van der Waals surface area contributed by atoms with Crippen molar-refractivity contribution in [3.63, 3.8) is 0 Å². The molecule has 0 aliphatic carbocycles. The fourth-order valence-electron chi connectivity index (χ4n) is 2.50. The number of nitrogens with zero attached hydrogens (tertiary/aromatic N) is 1. The second kappa shape index (κ2) is 5.44. The zero-order valence-electron chi connectivity index (χ0n) is 11.6. The van der Waals surface area contributed by atoms with Crippen LogP contribution < -0.4 is 0 Å². The lowest BCUT2D eigenvalue weighted by Crippen LogP contribution is -2.13. The van der Waals surface area contributed by atoms with Crippen molar-refractivity contribution in [3.05, 3.63) is 48.4 Å². The first-order valence-electron chi connectivity index (χ1n) is 6.82. The lowest BCUT2D eigenvalue weighted by molar-refractivity contribution is -0.118. The van der Waals surface area contributed by atoms with Crippen molar-refractivity contribution in [3.8, 4) is 0 Å². The standard InChI is InChI=1S/C16H15NO4/c1-2-20-16(19)17-10-13(12-5-3-4-6-14(12)17)15-9-11(18)7-8-21-15/h3-8,10,15H,2,9H2,1H3. The van der Waals surface area contributed by atoms with Gasteiger partial charge in [-0.2, -0.15) is 0 Å². The fraction of sp³-hybridized carbons (Fsp3) is 0.250. The van der Waals surface area contributed by atoms with Crippen LogP contribution in [-0.4, -0.2) is 23.1 Å². The minimum Gasteiger partial charge on any atom is -0.493 e. The van der Waals surface area contributed by atoms with E-state index in [1.807, 2.05) is 24.3 Å². The van der Waals surface area contributed by atoms with E-state index in [0.717, 1.165) is 16.5 Å². The quantitative estimate of drug-likeness (QED) is 0.850. The molecule has 1 aliphatic rings. The molecule has 1 aliphatic heterocycles. The summed E-state index contributed by atoms with van der Waals surface area (Å²) in [6.07, 6.45) is 3.99. The molecule has 0 saturated carbocycles. The van der Waals surface area contributed by atoms with Crippen molar-refractivity contribution in [2.24, 2.45) is 0 Å². The predicted octanol–water partition coefficient (Wildman–Crippen LogP) is 3.19. The van der Waals surface area contributed by atoms with Gasteiger partial charge in [0.05, 0.1) is 24.8 Å². The second-order valence-corrected chi connectivity index (χ2v) is 4.77. The fourth-order valence-corrected chi connectivity index (χ4v) is 2.50. The molecule has 1 unspecified atom stereocenters. The van der Waals surface area contributed by atoms with Crippen molar-refractivity contribution in [2.75, 3.05) is 6.61 Å². The number of aromatic nitrogens is 1. The van der Waals surface area contributed by atoms with Gasteiger partial charge in [-0.05, 0) is 13.0 Å². The molecule has 0 saturated heterocycles. The number of para-hydroxylation sites is 1. The van der Waals surface area contributed by atoms with Crippen molar-refractivity contribution in [1.82, 2.24) is 4.57 Å². The lowest BCUT2D eigenvalue weighted by atomic mass is 10.0. The number of ketones is 1. The molecule has 2 heterocycles. The predicted molar refractivity (Wildman–Crippen MR) is 76.9 cm³/mol. The third-order valence-corrected chi connectivity index (χ3v) is 3.44. The maximum Gasteiger partial charge on any atom is 0.418 e. The lowest BCUT2D eigenvalue weighted by Gasteiger charge is -2.17. The van der Waals surface area contributed by atoms with Crippen molar-refractivity contribution in [2.45, 2.75) is 19.4 Å². The number of fused-ring (bicyclic) bond motifs is 1. The van der Waals surface area contributed by atoms with E-state index in [1.54, 1.807) is 13.1 Å². The molecule has 1 aromatic heterocycles. The summed E-state index contributed by atoms with van der Waals surface area (Å²) in [7, 11) is 0. The monoisotopic (exact) mass is 285 g/mol. The highest BCUT2D eigenvalue weighted by molar-refractivity contribution is 5.94. The van der Waals surface area contributed by atoms with Crippen LogP contribution in [0.25, 0.3) is 10.9 Å². The van der Waals surface area contributed by atoms with Crippen LogP contribution in [0.4, 0.5) is 4.79 Å². The van der Waals surface area contributed by atoms with Gasteiger partial charge in [0, 0.05) is 23.2 Å². The third kappa shape index (κ3) is 2.42. The maximum atomic E-state index is 12.0. The zero-order chi connectivity index (χ0) is 14.8. The van der Waals surface area contributed by atoms with Crippen LogP contribution in [0.5, 0.6) is 0 Å². The second-order valence-electron chi connectivity index (χ2n) is 4.77. The van der Waals surface area contributed by atoms with Gasteiger partial charge in [-0.25, -0.2) is 4.79 Å². The van der Waals surface area contributed by atoms with Gasteiger partial charge < -0.3 is 9.47 Å². The first-order chi connectivity index (χ1) is 10.2. The van der Waals surface area contributed by atoms with E-state index in [4.69, 9.17) is 9.47 Å². The molecule has 0 bridgehead atoms. The highest BCUT2D eigenvalue weighted by atomic mass is 16.5. The van der Waals surface area contributed by atoms with E-state index < -0.39 is 6.09 Å². The Morgan fingerprint density at radius 2 is 2.24 bits per heavy atom. The molecule has 0 N–H and O–H groups in total. The molecule has 2 aromatic rings. The molecule has 0 amide bonds. The first-order valence-corrected chi connectivity index (χ1v) is 6.82. The molecule has 5 heteroatoms. The summed E-state index contributed by atoms with van der Waals surface area (Å²) < 4.78 is 12.0. The first kappa shape index (κ1) is 13.4. The Hall–Kier alpha value is -2.56. The van der Waals surface area contributed by atoms with Crippen molar-refractivity contribution >= 4 is 22.8 Å². The van der Waals surface area contributed by atoms with E-state index in [1.165, 1.54) is 16.9 Å². The SMILES string of the molecule is CCOC(=O)n1cc(C2CC(=O)C=CO2)c2ccccc21. The van der Waals surface area contributed by atoms with Gasteiger partial charge in [-0.15, -0.1) is 0 Å². The topological polar surface area (TPSA) is 57.5 Å². The minimum atomic E-state index is -0.433. The number of carbonyl (C=O) groups is 2. The highest BCUT2D eigenvalue weighted by Gasteiger charge is 2.24. The summed E-state index contributed by atoms with van der Waals surface area (Å²) >= 11 is 0.